The summed E-state index contributed by atoms with van der Waals surface area (Å²) in [6.45, 7) is 3.24. The summed E-state index contributed by atoms with van der Waals surface area (Å²) >= 11 is 0. The predicted molar refractivity (Wildman–Crippen MR) is 124 cm³/mol. The van der Waals surface area contributed by atoms with Crippen LogP contribution in [-0.2, 0) is 15.7 Å². The fourth-order valence-electron chi connectivity index (χ4n) is 5.20. The second-order valence-electron chi connectivity index (χ2n) is 9.21. The van der Waals surface area contributed by atoms with Gasteiger partial charge in [0.15, 0.2) is 0 Å². The Bertz CT molecular complexity index is 1090. The molecule has 2 atom stereocenters. The van der Waals surface area contributed by atoms with Crippen molar-refractivity contribution in [3.8, 4) is 6.07 Å². The molecule has 2 aliphatic heterocycles. The number of nitrogens with zero attached hydrogens (tertiary/aromatic N) is 3. The molecule has 35 heavy (non-hydrogen) atoms. The average molecular weight is 488 g/mol. The number of ether oxygens (including phenoxy) is 2. The van der Waals surface area contributed by atoms with E-state index in [1.54, 1.807) is 31.4 Å². The normalized spacial score (nSPS) is 22.1. The van der Waals surface area contributed by atoms with E-state index >= 15 is 0 Å². The van der Waals surface area contributed by atoms with E-state index in [-0.39, 0.29) is 11.8 Å². The molecule has 0 radical (unpaired) electrons. The number of amides is 1. The standard InChI is InChI=1S/C26H28F3N3O3/c1-34-11-12-35-18-25-16-31(24(33)19-5-3-2-4-6-19)10-9-21(25)15-32(17-25)22-8-7-20(14-30)23(13-22)26(27,28)29/h2-8,13,21H,9-12,15-18H2,1H3/t21-,25+/m1/s1. The van der Waals surface area contributed by atoms with Gasteiger partial charge in [-0.1, -0.05) is 18.2 Å². The first-order valence-electron chi connectivity index (χ1n) is 11.5. The number of nitriles is 1. The second-order valence-corrected chi connectivity index (χ2v) is 9.21. The molecule has 0 bridgehead atoms. The lowest BCUT2D eigenvalue weighted by molar-refractivity contribution is -0.137. The topological polar surface area (TPSA) is 65.8 Å². The fraction of sp³-hybridized carbons (Fsp3) is 0.462. The summed E-state index contributed by atoms with van der Waals surface area (Å²) in [4.78, 5) is 16.9. The molecule has 186 valence electrons. The summed E-state index contributed by atoms with van der Waals surface area (Å²) in [5.41, 5.74) is -0.724. The molecule has 0 aromatic heterocycles. The molecule has 6 nitrogen and oxygen atoms in total. The molecule has 0 spiro atoms. The highest BCUT2D eigenvalue weighted by Gasteiger charge is 2.51. The lowest BCUT2D eigenvalue weighted by Crippen LogP contribution is -2.53. The van der Waals surface area contributed by atoms with Crippen LogP contribution in [0.2, 0.25) is 0 Å². The summed E-state index contributed by atoms with van der Waals surface area (Å²) in [5.74, 6) is 0.0892. The van der Waals surface area contributed by atoms with Crippen molar-refractivity contribution in [2.24, 2.45) is 11.3 Å². The molecule has 2 aromatic rings. The molecule has 0 N–H and O–H groups in total. The van der Waals surface area contributed by atoms with Gasteiger partial charge in [0.1, 0.15) is 0 Å². The molecule has 2 saturated heterocycles. The number of hydrogen-bond acceptors (Lipinski definition) is 5. The van der Waals surface area contributed by atoms with Crippen molar-refractivity contribution >= 4 is 11.6 Å². The number of anilines is 1. The van der Waals surface area contributed by atoms with Gasteiger partial charge in [-0.05, 0) is 42.7 Å². The molecule has 2 heterocycles. The summed E-state index contributed by atoms with van der Waals surface area (Å²) in [6.07, 6.45) is -3.89. The van der Waals surface area contributed by atoms with Gasteiger partial charge in [-0.25, -0.2) is 0 Å². The van der Waals surface area contributed by atoms with E-state index < -0.39 is 22.7 Å². The Kier molecular flexibility index (Phi) is 7.33. The average Bonchev–Trinajstić information content (AvgIpc) is 3.25. The molecule has 0 saturated carbocycles. The SMILES string of the molecule is COCCOC[C@@]12CN(C(=O)c3ccccc3)CC[C@@H]1CN(c1ccc(C#N)c(C(F)(F)F)c1)C2. The van der Waals surface area contributed by atoms with Crippen molar-refractivity contribution in [2.45, 2.75) is 12.6 Å². The van der Waals surface area contributed by atoms with E-state index in [1.807, 2.05) is 28.0 Å². The first-order valence-corrected chi connectivity index (χ1v) is 11.5. The maximum Gasteiger partial charge on any atom is 0.417 e. The lowest BCUT2D eigenvalue weighted by Gasteiger charge is -2.44. The molecule has 0 aliphatic carbocycles. The number of piperidine rings is 1. The highest BCUT2D eigenvalue weighted by atomic mass is 19.4. The number of carbonyl (C=O) groups excluding carboxylic acids is 1. The summed E-state index contributed by atoms with van der Waals surface area (Å²) in [7, 11) is 1.59. The third-order valence-electron chi connectivity index (χ3n) is 6.99. The number of halogens is 3. The van der Waals surface area contributed by atoms with Gasteiger partial charge in [0.2, 0.25) is 0 Å². The highest BCUT2D eigenvalue weighted by Crippen LogP contribution is 2.45. The molecule has 1 amide bonds. The minimum atomic E-state index is -4.62. The smallest absolute Gasteiger partial charge is 0.382 e. The van der Waals surface area contributed by atoms with E-state index in [9.17, 15) is 18.0 Å². The Morgan fingerprint density at radius 2 is 1.94 bits per heavy atom. The molecule has 0 unspecified atom stereocenters. The van der Waals surface area contributed by atoms with Crippen molar-refractivity contribution in [3.63, 3.8) is 0 Å². The summed E-state index contributed by atoms with van der Waals surface area (Å²) < 4.78 is 51.7. The Labute approximate surface area is 202 Å². The van der Waals surface area contributed by atoms with Crippen LogP contribution in [0.15, 0.2) is 48.5 Å². The third kappa shape index (κ3) is 5.29. The van der Waals surface area contributed by atoms with Crippen molar-refractivity contribution in [2.75, 3.05) is 58.0 Å². The number of hydrogen-bond donors (Lipinski definition) is 0. The van der Waals surface area contributed by atoms with Crippen molar-refractivity contribution < 1.29 is 27.4 Å². The lowest BCUT2D eigenvalue weighted by atomic mass is 9.73. The maximum absolute atomic E-state index is 13.6. The Morgan fingerprint density at radius 1 is 1.17 bits per heavy atom. The first-order chi connectivity index (χ1) is 16.8. The van der Waals surface area contributed by atoms with Crippen LogP contribution in [0.25, 0.3) is 0 Å². The van der Waals surface area contributed by atoms with Crippen LogP contribution in [0.4, 0.5) is 18.9 Å². The highest BCUT2D eigenvalue weighted by molar-refractivity contribution is 5.94. The zero-order valence-corrected chi connectivity index (χ0v) is 19.6. The Hall–Kier alpha value is -3.09. The molecule has 2 aromatic carbocycles. The molecular weight excluding hydrogens is 459 g/mol. The van der Waals surface area contributed by atoms with Gasteiger partial charge in [-0.2, -0.15) is 18.4 Å². The quantitative estimate of drug-likeness (QED) is 0.548. The van der Waals surface area contributed by atoms with Gasteiger partial charge in [0, 0.05) is 50.0 Å². The predicted octanol–water partition coefficient (Wildman–Crippen LogP) is 4.21. The fourth-order valence-corrected chi connectivity index (χ4v) is 5.20. The number of fused-ring (bicyclic) bond motifs is 1. The number of benzene rings is 2. The second kappa shape index (κ2) is 10.3. The van der Waals surface area contributed by atoms with E-state index in [4.69, 9.17) is 14.7 Å². The summed E-state index contributed by atoms with van der Waals surface area (Å²) in [5, 5.41) is 9.14. The van der Waals surface area contributed by atoms with E-state index in [1.165, 1.54) is 6.07 Å². The summed E-state index contributed by atoms with van der Waals surface area (Å²) in [6, 6.07) is 14.6. The third-order valence-corrected chi connectivity index (χ3v) is 6.99. The van der Waals surface area contributed by atoms with E-state index in [0.29, 0.717) is 57.3 Å². The van der Waals surface area contributed by atoms with Gasteiger partial charge >= 0.3 is 6.18 Å². The zero-order chi connectivity index (χ0) is 25.1. The first kappa shape index (κ1) is 25.0. The van der Waals surface area contributed by atoms with Crippen LogP contribution in [0.5, 0.6) is 0 Å². The van der Waals surface area contributed by atoms with Crippen molar-refractivity contribution in [3.05, 3.63) is 65.2 Å². The number of methoxy groups -OCH3 is 1. The Balaban J connectivity index is 1.60. The van der Waals surface area contributed by atoms with E-state index in [2.05, 4.69) is 0 Å². The molecular formula is C26H28F3N3O3. The number of rotatable bonds is 7. The van der Waals surface area contributed by atoms with Gasteiger partial charge in [0.05, 0.1) is 37.0 Å². The zero-order valence-electron chi connectivity index (χ0n) is 19.6. The van der Waals surface area contributed by atoms with Crippen molar-refractivity contribution in [1.82, 2.24) is 4.90 Å². The van der Waals surface area contributed by atoms with Crippen LogP contribution in [0.3, 0.4) is 0 Å². The molecule has 9 heteroatoms. The van der Waals surface area contributed by atoms with Crippen LogP contribution in [0, 0.1) is 22.7 Å². The number of carbonyl (C=O) groups is 1. The minimum absolute atomic E-state index is 0.0588. The molecule has 4 rings (SSSR count). The Morgan fingerprint density at radius 3 is 2.63 bits per heavy atom. The largest absolute Gasteiger partial charge is 0.417 e. The monoisotopic (exact) mass is 487 g/mol. The maximum atomic E-state index is 13.6. The number of alkyl halides is 3. The van der Waals surface area contributed by atoms with Gasteiger partial charge in [0.25, 0.3) is 5.91 Å². The number of likely N-dealkylation sites (tertiary alicyclic amines) is 1. The van der Waals surface area contributed by atoms with Crippen LogP contribution in [-0.4, -0.2) is 63.9 Å². The van der Waals surface area contributed by atoms with Crippen LogP contribution in [0.1, 0.15) is 27.9 Å². The van der Waals surface area contributed by atoms with Crippen LogP contribution >= 0.6 is 0 Å². The van der Waals surface area contributed by atoms with Gasteiger partial charge < -0.3 is 19.3 Å². The van der Waals surface area contributed by atoms with Crippen molar-refractivity contribution in [1.29, 1.82) is 5.26 Å². The molecule has 2 fully saturated rings. The molecule has 2 aliphatic rings. The van der Waals surface area contributed by atoms with E-state index in [0.717, 1.165) is 12.5 Å². The minimum Gasteiger partial charge on any atom is -0.382 e. The van der Waals surface area contributed by atoms with Gasteiger partial charge in [-0.3, -0.25) is 4.79 Å². The van der Waals surface area contributed by atoms with Crippen LogP contribution < -0.4 is 4.90 Å². The van der Waals surface area contributed by atoms with Gasteiger partial charge in [-0.15, -0.1) is 0 Å².